The number of hydrogen-bond donors (Lipinski definition) is 4. The first-order chi connectivity index (χ1) is 19.5. The van der Waals surface area contributed by atoms with Crippen LogP contribution in [0.25, 0.3) is 0 Å². The van der Waals surface area contributed by atoms with E-state index in [1.807, 2.05) is 12.1 Å². The second-order valence-electron chi connectivity index (χ2n) is 11.3. The molecule has 5 rings (SSSR count). The fraction of sp³-hybridized carbons (Fsp3) is 0.586. The standard InChI is InChI=1S/C29H36N2O10/c1-15(39-22(33)10-13-31-21(32)8-6-18(30)26(34)35)27(36)40-20-9-12-29(37)17-4-3-11-28(29)23-16(14-17)5-7-19(38-2)24(23)41-25(20)28/h5,7,9,15,17-18,25,37H,3-4,6,8,10-14,30H2,1-2H3,(H,31,32)(H,34,35)/t15-,17+,18-,25-,28-,29+/m0/s1. The predicted molar refractivity (Wildman–Crippen MR) is 142 cm³/mol. The van der Waals surface area contributed by atoms with Gasteiger partial charge in [0, 0.05) is 18.5 Å². The van der Waals surface area contributed by atoms with Gasteiger partial charge in [-0.15, -0.1) is 0 Å². The van der Waals surface area contributed by atoms with Crippen LogP contribution in [0.4, 0.5) is 0 Å². The minimum atomic E-state index is -1.23. The molecule has 1 aromatic rings. The molecule has 12 heteroatoms. The number of methoxy groups -OCH3 is 1. The van der Waals surface area contributed by atoms with Gasteiger partial charge in [0.25, 0.3) is 0 Å². The van der Waals surface area contributed by atoms with Crippen molar-refractivity contribution in [3.05, 3.63) is 35.1 Å². The van der Waals surface area contributed by atoms with Crippen LogP contribution in [0.1, 0.15) is 63.0 Å². The molecule has 5 N–H and O–H groups in total. The number of esters is 2. The van der Waals surface area contributed by atoms with E-state index in [1.54, 1.807) is 13.2 Å². The molecule has 2 bridgehead atoms. The van der Waals surface area contributed by atoms with E-state index >= 15 is 0 Å². The molecule has 0 unspecified atom stereocenters. The average molecular weight is 573 g/mol. The molecule has 0 saturated heterocycles. The van der Waals surface area contributed by atoms with Gasteiger partial charge in [0.1, 0.15) is 11.8 Å². The van der Waals surface area contributed by atoms with Crippen LogP contribution in [0, 0.1) is 5.92 Å². The van der Waals surface area contributed by atoms with E-state index in [-0.39, 0.29) is 37.5 Å². The molecule has 6 atom stereocenters. The quantitative estimate of drug-likeness (QED) is 0.280. The predicted octanol–water partition coefficient (Wildman–Crippen LogP) is 1.24. The Morgan fingerprint density at radius 2 is 2.02 bits per heavy atom. The van der Waals surface area contributed by atoms with Crippen LogP contribution < -0.4 is 20.5 Å². The zero-order valence-electron chi connectivity index (χ0n) is 23.1. The highest BCUT2D eigenvalue weighted by atomic mass is 16.6. The second-order valence-corrected chi connectivity index (χ2v) is 11.3. The maximum atomic E-state index is 13.0. The van der Waals surface area contributed by atoms with Crippen molar-refractivity contribution in [1.29, 1.82) is 0 Å². The molecule has 1 saturated carbocycles. The van der Waals surface area contributed by atoms with Crippen LogP contribution in [0.3, 0.4) is 0 Å². The number of benzene rings is 1. The average Bonchev–Trinajstić information content (AvgIpc) is 3.28. The van der Waals surface area contributed by atoms with Gasteiger partial charge in [-0.3, -0.25) is 14.4 Å². The lowest BCUT2D eigenvalue weighted by Gasteiger charge is -2.59. The molecule has 0 radical (unpaired) electrons. The number of carboxylic acids is 1. The summed E-state index contributed by atoms with van der Waals surface area (Å²) in [5.41, 5.74) is 5.61. The maximum absolute atomic E-state index is 13.0. The number of carbonyl (C=O) groups is 4. The van der Waals surface area contributed by atoms with E-state index in [9.17, 15) is 24.3 Å². The Morgan fingerprint density at radius 1 is 1.24 bits per heavy atom. The number of aliphatic carboxylic acids is 1. The Labute approximate surface area is 237 Å². The lowest BCUT2D eigenvalue weighted by molar-refractivity contribution is -0.171. The normalized spacial score (nSPS) is 28.2. The molecular formula is C29H36N2O10. The highest BCUT2D eigenvalue weighted by molar-refractivity contribution is 5.81. The Kier molecular flexibility index (Phi) is 7.73. The third kappa shape index (κ3) is 4.82. The molecule has 41 heavy (non-hydrogen) atoms. The Balaban J connectivity index is 1.21. The SMILES string of the molecule is COc1ccc2c3c1O[C@H]1C(OC(=O)[C@H](C)OC(=O)CCNC(=O)CC[C@H](N)C(=O)O)=CC[C@@]4(O)[C@H](CCC[C@]314)C2. The number of hydrogen-bond acceptors (Lipinski definition) is 10. The fourth-order valence-corrected chi connectivity index (χ4v) is 6.99. The van der Waals surface area contributed by atoms with Crippen LogP contribution >= 0.6 is 0 Å². The summed E-state index contributed by atoms with van der Waals surface area (Å²) in [6.07, 6.45) is 2.95. The van der Waals surface area contributed by atoms with Crippen molar-refractivity contribution >= 4 is 23.8 Å². The third-order valence-electron chi connectivity index (χ3n) is 8.98. The number of amides is 1. The summed E-state index contributed by atoms with van der Waals surface area (Å²) in [6, 6.07) is 2.75. The van der Waals surface area contributed by atoms with Crippen LogP contribution in [-0.4, -0.2) is 71.5 Å². The molecule has 1 aliphatic heterocycles. The lowest BCUT2D eigenvalue weighted by Crippen LogP contribution is -2.67. The van der Waals surface area contributed by atoms with Gasteiger partial charge in [0.2, 0.25) is 5.91 Å². The molecule has 4 aliphatic rings. The van der Waals surface area contributed by atoms with Gasteiger partial charge in [-0.1, -0.05) is 12.5 Å². The Hall–Kier alpha value is -3.64. The zero-order chi connectivity index (χ0) is 29.5. The molecule has 3 aliphatic carbocycles. The first kappa shape index (κ1) is 28.9. The molecular weight excluding hydrogens is 536 g/mol. The first-order valence-corrected chi connectivity index (χ1v) is 14.0. The number of aliphatic hydroxyl groups is 1. The van der Waals surface area contributed by atoms with Gasteiger partial charge in [0.05, 0.1) is 24.5 Å². The fourth-order valence-electron chi connectivity index (χ4n) is 6.99. The number of nitrogens with two attached hydrogens (primary N) is 1. The van der Waals surface area contributed by atoms with Gasteiger partial charge >= 0.3 is 17.9 Å². The van der Waals surface area contributed by atoms with Gasteiger partial charge in [-0.2, -0.15) is 0 Å². The van der Waals surface area contributed by atoms with Crippen molar-refractivity contribution in [1.82, 2.24) is 5.32 Å². The minimum absolute atomic E-state index is 0.0342. The van der Waals surface area contributed by atoms with Crippen molar-refractivity contribution in [3.63, 3.8) is 0 Å². The van der Waals surface area contributed by atoms with Crippen LogP contribution in [-0.2, 0) is 40.5 Å². The summed E-state index contributed by atoms with van der Waals surface area (Å²) in [6.45, 7) is 1.35. The second kappa shape index (κ2) is 11.0. The summed E-state index contributed by atoms with van der Waals surface area (Å²) < 4.78 is 23.0. The Morgan fingerprint density at radius 3 is 2.76 bits per heavy atom. The number of ether oxygens (including phenoxy) is 4. The monoisotopic (exact) mass is 572 g/mol. The summed E-state index contributed by atoms with van der Waals surface area (Å²) in [5, 5.41) is 23.4. The van der Waals surface area contributed by atoms with E-state index < -0.39 is 53.1 Å². The molecule has 1 amide bonds. The molecule has 1 aromatic carbocycles. The van der Waals surface area contributed by atoms with E-state index in [0.29, 0.717) is 24.3 Å². The summed E-state index contributed by atoms with van der Waals surface area (Å²) >= 11 is 0. The van der Waals surface area contributed by atoms with Gasteiger partial charge in [0.15, 0.2) is 23.7 Å². The molecule has 1 spiro atoms. The van der Waals surface area contributed by atoms with Gasteiger partial charge in [-0.05, 0) is 62.7 Å². The zero-order valence-corrected chi connectivity index (χ0v) is 23.1. The van der Waals surface area contributed by atoms with Gasteiger partial charge in [-0.25, -0.2) is 4.79 Å². The van der Waals surface area contributed by atoms with Crippen LogP contribution in [0.2, 0.25) is 0 Å². The third-order valence-corrected chi connectivity index (χ3v) is 8.98. The summed E-state index contributed by atoms with van der Waals surface area (Å²) in [7, 11) is 1.56. The van der Waals surface area contributed by atoms with Crippen molar-refractivity contribution in [2.75, 3.05) is 13.7 Å². The highest BCUT2D eigenvalue weighted by Crippen LogP contribution is 2.67. The summed E-state index contributed by atoms with van der Waals surface area (Å²) in [5.74, 6) is -1.69. The lowest BCUT2D eigenvalue weighted by atomic mass is 9.47. The molecule has 1 heterocycles. The molecule has 0 aromatic heterocycles. The number of nitrogens with one attached hydrogen (secondary N) is 1. The number of rotatable bonds is 11. The largest absolute Gasteiger partial charge is 0.493 e. The smallest absolute Gasteiger partial charge is 0.352 e. The van der Waals surface area contributed by atoms with Crippen molar-refractivity contribution in [3.8, 4) is 11.5 Å². The minimum Gasteiger partial charge on any atom is -0.493 e. The van der Waals surface area contributed by atoms with Crippen molar-refractivity contribution in [2.24, 2.45) is 11.7 Å². The van der Waals surface area contributed by atoms with Crippen molar-refractivity contribution in [2.45, 2.75) is 87.6 Å². The van der Waals surface area contributed by atoms with E-state index in [4.69, 9.17) is 29.8 Å². The summed E-state index contributed by atoms with van der Waals surface area (Å²) in [4.78, 5) is 47.9. The first-order valence-electron chi connectivity index (χ1n) is 14.0. The molecule has 1 fully saturated rings. The van der Waals surface area contributed by atoms with Gasteiger partial charge < -0.3 is 40.2 Å². The maximum Gasteiger partial charge on any atom is 0.352 e. The van der Waals surface area contributed by atoms with E-state index in [1.165, 1.54) is 6.92 Å². The molecule has 12 nitrogen and oxygen atoms in total. The highest BCUT2D eigenvalue weighted by Gasteiger charge is 2.71. The molecule has 222 valence electrons. The van der Waals surface area contributed by atoms with Crippen molar-refractivity contribution < 1.29 is 48.3 Å². The van der Waals surface area contributed by atoms with Crippen LogP contribution in [0.15, 0.2) is 24.0 Å². The number of carboxylic acid groups (broad SMARTS) is 1. The number of carbonyl (C=O) groups excluding carboxylic acids is 3. The topological polar surface area (TPSA) is 184 Å². The Bertz CT molecular complexity index is 1290. The van der Waals surface area contributed by atoms with Crippen LogP contribution in [0.5, 0.6) is 11.5 Å². The van der Waals surface area contributed by atoms with E-state index in [2.05, 4.69) is 5.32 Å². The van der Waals surface area contributed by atoms with E-state index in [0.717, 1.165) is 30.4 Å².